The predicted octanol–water partition coefficient (Wildman–Crippen LogP) is 2.74. The highest BCUT2D eigenvalue weighted by atomic mass is 35.5. The van der Waals surface area contributed by atoms with Gasteiger partial charge in [-0.15, -0.1) is 0 Å². The van der Waals surface area contributed by atoms with Crippen LogP contribution in [0, 0.1) is 0 Å². The fourth-order valence-corrected chi connectivity index (χ4v) is 4.54. The van der Waals surface area contributed by atoms with Crippen molar-refractivity contribution in [1.29, 1.82) is 0 Å². The van der Waals surface area contributed by atoms with Gasteiger partial charge in [0.15, 0.2) is 9.84 Å². The lowest BCUT2D eigenvalue weighted by Gasteiger charge is -2.28. The summed E-state index contributed by atoms with van der Waals surface area (Å²) in [7, 11) is -2.84. The molecule has 1 saturated heterocycles. The molecule has 19 heavy (non-hydrogen) atoms. The van der Waals surface area contributed by atoms with Gasteiger partial charge < -0.3 is 0 Å². The van der Waals surface area contributed by atoms with E-state index >= 15 is 0 Å². The van der Waals surface area contributed by atoms with Crippen molar-refractivity contribution >= 4 is 21.4 Å². The van der Waals surface area contributed by atoms with Crippen molar-refractivity contribution in [2.24, 2.45) is 0 Å². The van der Waals surface area contributed by atoms with E-state index in [-0.39, 0.29) is 11.8 Å². The molecule has 106 valence electrons. The van der Waals surface area contributed by atoms with E-state index in [1.54, 1.807) is 0 Å². The maximum atomic E-state index is 11.6. The monoisotopic (exact) mass is 301 g/mol. The number of hydrogen-bond donors (Lipinski definition) is 0. The average molecular weight is 302 g/mol. The molecule has 0 bridgehead atoms. The molecule has 1 aliphatic rings. The first-order valence-corrected chi connectivity index (χ1v) is 8.89. The van der Waals surface area contributed by atoms with Crippen LogP contribution in [0.5, 0.6) is 0 Å². The first-order chi connectivity index (χ1) is 9.02. The third-order valence-corrected chi connectivity index (χ3v) is 5.69. The van der Waals surface area contributed by atoms with E-state index < -0.39 is 9.84 Å². The number of hydrogen-bond acceptors (Lipinski definition) is 3. The Morgan fingerprint density at radius 3 is 2.68 bits per heavy atom. The van der Waals surface area contributed by atoms with Crippen LogP contribution < -0.4 is 0 Å². The topological polar surface area (TPSA) is 37.4 Å². The van der Waals surface area contributed by atoms with Gasteiger partial charge in [-0.1, -0.05) is 36.7 Å². The molecule has 0 unspecified atom stereocenters. The fourth-order valence-electron chi connectivity index (χ4n) is 2.59. The van der Waals surface area contributed by atoms with Crippen LogP contribution in [0.3, 0.4) is 0 Å². The van der Waals surface area contributed by atoms with Gasteiger partial charge in [0, 0.05) is 17.6 Å². The summed E-state index contributed by atoms with van der Waals surface area (Å²) in [6.45, 7) is 3.75. The molecule has 0 aliphatic carbocycles. The third kappa shape index (κ3) is 3.94. The SMILES string of the molecule is CCCN(Cc1ccccc1Cl)[C@H]1CCS(=O)(=O)C1. The zero-order valence-electron chi connectivity index (χ0n) is 11.2. The van der Waals surface area contributed by atoms with Crippen molar-refractivity contribution in [1.82, 2.24) is 4.90 Å². The van der Waals surface area contributed by atoms with Crippen LogP contribution in [0.4, 0.5) is 0 Å². The molecule has 1 fully saturated rings. The largest absolute Gasteiger partial charge is 0.295 e. The molecule has 1 aromatic carbocycles. The van der Waals surface area contributed by atoms with E-state index in [1.807, 2.05) is 24.3 Å². The van der Waals surface area contributed by atoms with Crippen molar-refractivity contribution in [3.8, 4) is 0 Å². The minimum absolute atomic E-state index is 0.140. The molecule has 0 saturated carbocycles. The number of nitrogens with zero attached hydrogens (tertiary/aromatic N) is 1. The lowest BCUT2D eigenvalue weighted by Crippen LogP contribution is -2.36. The molecular formula is C14H20ClNO2S. The molecule has 0 N–H and O–H groups in total. The van der Waals surface area contributed by atoms with E-state index in [1.165, 1.54) is 0 Å². The smallest absolute Gasteiger partial charge is 0.151 e. The van der Waals surface area contributed by atoms with Gasteiger partial charge in [0.05, 0.1) is 11.5 Å². The Bertz CT molecular complexity index is 530. The summed E-state index contributed by atoms with van der Waals surface area (Å²) in [6.07, 6.45) is 1.76. The van der Waals surface area contributed by atoms with Crippen LogP contribution in [0.1, 0.15) is 25.3 Å². The summed E-state index contributed by atoms with van der Waals surface area (Å²) in [4.78, 5) is 2.26. The minimum Gasteiger partial charge on any atom is -0.295 e. The van der Waals surface area contributed by atoms with Crippen LogP contribution in [0.2, 0.25) is 5.02 Å². The Balaban J connectivity index is 2.11. The number of halogens is 1. The summed E-state index contributed by atoms with van der Waals surface area (Å²) in [5.74, 6) is 0.609. The van der Waals surface area contributed by atoms with Crippen molar-refractivity contribution in [3.63, 3.8) is 0 Å². The summed E-state index contributed by atoms with van der Waals surface area (Å²) in [5.41, 5.74) is 1.07. The zero-order chi connectivity index (χ0) is 13.9. The molecule has 5 heteroatoms. The van der Waals surface area contributed by atoms with Crippen LogP contribution in [-0.4, -0.2) is 37.4 Å². The van der Waals surface area contributed by atoms with Crippen molar-refractivity contribution in [2.45, 2.75) is 32.4 Å². The van der Waals surface area contributed by atoms with Gasteiger partial charge in [0.2, 0.25) is 0 Å². The molecule has 0 amide bonds. The Morgan fingerprint density at radius 2 is 2.11 bits per heavy atom. The van der Waals surface area contributed by atoms with Gasteiger partial charge in [0.1, 0.15) is 0 Å². The molecule has 3 nitrogen and oxygen atoms in total. The summed E-state index contributed by atoms with van der Waals surface area (Å²) in [6, 6.07) is 7.91. The van der Waals surface area contributed by atoms with E-state index in [2.05, 4.69) is 11.8 Å². The molecule has 0 radical (unpaired) electrons. The Morgan fingerprint density at radius 1 is 1.37 bits per heavy atom. The number of rotatable bonds is 5. The van der Waals surface area contributed by atoms with E-state index in [9.17, 15) is 8.42 Å². The lowest BCUT2D eigenvalue weighted by atomic mass is 10.1. The zero-order valence-corrected chi connectivity index (χ0v) is 12.8. The molecule has 0 spiro atoms. The van der Waals surface area contributed by atoms with Crippen LogP contribution in [0.25, 0.3) is 0 Å². The maximum Gasteiger partial charge on any atom is 0.151 e. The average Bonchev–Trinajstić information content (AvgIpc) is 2.72. The van der Waals surface area contributed by atoms with E-state index in [0.717, 1.165) is 36.5 Å². The lowest BCUT2D eigenvalue weighted by molar-refractivity contribution is 0.204. The molecule has 2 rings (SSSR count). The third-order valence-electron chi connectivity index (χ3n) is 3.57. The first kappa shape index (κ1) is 14.8. The first-order valence-electron chi connectivity index (χ1n) is 6.69. The predicted molar refractivity (Wildman–Crippen MR) is 79.2 cm³/mol. The molecule has 0 aromatic heterocycles. The van der Waals surface area contributed by atoms with Gasteiger partial charge in [-0.05, 0) is 31.0 Å². The van der Waals surface area contributed by atoms with Crippen molar-refractivity contribution < 1.29 is 8.42 Å². The summed E-state index contributed by atoms with van der Waals surface area (Å²) in [5, 5.41) is 0.754. The molecule has 1 atom stereocenters. The summed E-state index contributed by atoms with van der Waals surface area (Å²) >= 11 is 6.19. The number of sulfone groups is 1. The Hall–Kier alpha value is -0.580. The fraction of sp³-hybridized carbons (Fsp3) is 0.571. The van der Waals surface area contributed by atoms with Crippen LogP contribution in [0.15, 0.2) is 24.3 Å². The maximum absolute atomic E-state index is 11.6. The Labute approximate surface area is 120 Å². The van der Waals surface area contributed by atoms with Crippen LogP contribution >= 0.6 is 11.6 Å². The van der Waals surface area contributed by atoms with E-state index in [0.29, 0.717) is 5.75 Å². The van der Waals surface area contributed by atoms with Gasteiger partial charge in [0.25, 0.3) is 0 Å². The highest BCUT2D eigenvalue weighted by Gasteiger charge is 2.31. The van der Waals surface area contributed by atoms with Gasteiger partial charge in [-0.2, -0.15) is 0 Å². The second-order valence-corrected chi connectivity index (χ2v) is 7.75. The summed E-state index contributed by atoms with van der Waals surface area (Å²) < 4.78 is 23.2. The molecule has 1 aromatic rings. The van der Waals surface area contributed by atoms with Crippen molar-refractivity contribution in [2.75, 3.05) is 18.1 Å². The standard InChI is InChI=1S/C14H20ClNO2S/c1-2-8-16(13-7-9-19(17,18)11-13)10-12-5-3-4-6-14(12)15/h3-6,13H,2,7-11H2,1H3/t13-/m0/s1. The second-order valence-electron chi connectivity index (χ2n) is 5.12. The van der Waals surface area contributed by atoms with Gasteiger partial charge in [-0.3, -0.25) is 4.90 Å². The van der Waals surface area contributed by atoms with Crippen LogP contribution in [-0.2, 0) is 16.4 Å². The van der Waals surface area contributed by atoms with Gasteiger partial charge >= 0.3 is 0 Å². The Kier molecular flexibility index (Phi) is 4.87. The highest BCUT2D eigenvalue weighted by molar-refractivity contribution is 7.91. The number of benzene rings is 1. The van der Waals surface area contributed by atoms with Gasteiger partial charge in [-0.25, -0.2) is 8.42 Å². The highest BCUT2D eigenvalue weighted by Crippen LogP contribution is 2.23. The molecule has 1 heterocycles. The molecule has 1 aliphatic heterocycles. The quantitative estimate of drug-likeness (QED) is 0.839. The van der Waals surface area contributed by atoms with E-state index in [4.69, 9.17) is 11.6 Å². The minimum atomic E-state index is -2.84. The van der Waals surface area contributed by atoms with Crippen molar-refractivity contribution in [3.05, 3.63) is 34.9 Å². The molecular weight excluding hydrogens is 282 g/mol. The second kappa shape index (κ2) is 6.25. The normalized spacial score (nSPS) is 21.9.